The number of nitrogens with zero attached hydrogens (tertiary/aromatic N) is 3. The molecule has 0 radical (unpaired) electrons. The molecule has 0 saturated heterocycles. The minimum absolute atomic E-state index is 0.0117. The molecule has 0 fully saturated rings. The minimum Gasteiger partial charge on any atom is -0.478 e. The van der Waals surface area contributed by atoms with E-state index in [0.717, 1.165) is 26.9 Å². The van der Waals surface area contributed by atoms with Gasteiger partial charge in [0.25, 0.3) is 0 Å². The second-order valence-corrected chi connectivity index (χ2v) is 9.63. The lowest BCUT2D eigenvalue weighted by molar-refractivity contribution is -0.134. The van der Waals surface area contributed by atoms with Crippen molar-refractivity contribution in [2.45, 2.75) is 36.9 Å². The van der Waals surface area contributed by atoms with Crippen LogP contribution in [0.15, 0.2) is 71.9 Å². The zero-order valence-electron chi connectivity index (χ0n) is 19.5. The van der Waals surface area contributed by atoms with E-state index in [2.05, 4.69) is 15.8 Å². The van der Waals surface area contributed by atoms with Crippen LogP contribution in [0, 0.1) is 11.3 Å². The number of nitrogens with one attached hydrogen (secondary N) is 2. The molecule has 2 aromatic heterocycles. The molecule has 9 heteroatoms. The number of H-pyrrole nitrogens is 1. The molecule has 1 aliphatic heterocycles. The molecular weight excluding hydrogens is 474 g/mol. The number of hydrogen-bond donors (Lipinski definition) is 3. The number of nitriles is 1. The first-order valence-corrected chi connectivity index (χ1v) is 12.5. The maximum absolute atomic E-state index is 13.7. The number of carbonyl (C=O) groups is 2. The quantitative estimate of drug-likeness (QED) is 0.314. The van der Waals surface area contributed by atoms with Crippen LogP contribution in [0.4, 0.5) is 0 Å². The molecule has 3 heterocycles. The highest BCUT2D eigenvalue weighted by Gasteiger charge is 2.28. The molecule has 36 heavy (non-hydrogen) atoms. The summed E-state index contributed by atoms with van der Waals surface area (Å²) in [5.41, 5.74) is 3.81. The number of aromatic nitrogens is 2. The predicted octanol–water partition coefficient (Wildman–Crippen LogP) is 4.18. The predicted molar refractivity (Wildman–Crippen MR) is 137 cm³/mol. The molecule has 1 aliphatic rings. The average molecular weight is 500 g/mol. The summed E-state index contributed by atoms with van der Waals surface area (Å²) in [4.78, 5) is 31.1. The van der Waals surface area contributed by atoms with Gasteiger partial charge in [0.2, 0.25) is 5.91 Å². The highest BCUT2D eigenvalue weighted by Crippen LogP contribution is 2.27. The van der Waals surface area contributed by atoms with Crippen LogP contribution in [-0.4, -0.2) is 44.0 Å². The molecule has 1 atom stereocenters. The lowest BCUT2D eigenvalue weighted by Crippen LogP contribution is -2.46. The van der Waals surface area contributed by atoms with Crippen molar-refractivity contribution in [3.05, 3.63) is 89.4 Å². The first-order chi connectivity index (χ1) is 17.5. The van der Waals surface area contributed by atoms with Crippen LogP contribution < -0.4 is 4.72 Å². The van der Waals surface area contributed by atoms with E-state index < -0.39 is 12.0 Å². The molecule has 0 aliphatic carbocycles. The Morgan fingerprint density at radius 3 is 2.89 bits per heavy atom. The Kier molecular flexibility index (Phi) is 6.80. The third-order valence-corrected chi connectivity index (χ3v) is 7.52. The average Bonchev–Trinajstić information content (AvgIpc) is 3.57. The molecule has 3 N–H and O–H groups in total. The molecule has 0 bridgehead atoms. The van der Waals surface area contributed by atoms with Crippen LogP contribution in [0.5, 0.6) is 0 Å². The van der Waals surface area contributed by atoms with Gasteiger partial charge in [0, 0.05) is 47.8 Å². The van der Waals surface area contributed by atoms with E-state index in [1.165, 1.54) is 11.9 Å². The number of aromatic amines is 1. The van der Waals surface area contributed by atoms with E-state index in [1.54, 1.807) is 24.3 Å². The first kappa shape index (κ1) is 23.7. The maximum Gasteiger partial charge on any atom is 0.335 e. The SMILES string of the molecule is N#Cc1cccn1CCC(NSc1cccc2[nH]ccc12)C(=O)N1CCc2cc(C(=O)O)ccc2C1. The second kappa shape index (κ2) is 10.3. The number of aryl methyl sites for hydroxylation is 1. The van der Waals surface area contributed by atoms with Crippen molar-refractivity contribution in [1.82, 2.24) is 19.2 Å². The molecule has 2 aromatic carbocycles. The van der Waals surface area contributed by atoms with E-state index in [4.69, 9.17) is 0 Å². The fourth-order valence-corrected chi connectivity index (χ4v) is 5.51. The molecule has 8 nitrogen and oxygen atoms in total. The topological polar surface area (TPSA) is 114 Å². The second-order valence-electron chi connectivity index (χ2n) is 8.75. The highest BCUT2D eigenvalue weighted by molar-refractivity contribution is 7.97. The Balaban J connectivity index is 1.34. The summed E-state index contributed by atoms with van der Waals surface area (Å²) in [6.45, 7) is 1.50. The van der Waals surface area contributed by atoms with Crippen molar-refractivity contribution in [3.63, 3.8) is 0 Å². The summed E-state index contributed by atoms with van der Waals surface area (Å²) in [5, 5.41) is 19.7. The number of carbonyl (C=O) groups excluding carboxylic acids is 1. The number of aromatic carboxylic acids is 1. The van der Waals surface area contributed by atoms with Crippen molar-refractivity contribution in [3.8, 4) is 6.07 Å². The normalized spacial score (nSPS) is 13.8. The Morgan fingerprint density at radius 2 is 2.06 bits per heavy atom. The number of carboxylic acids is 1. The molecular formula is C27H25N5O3S. The van der Waals surface area contributed by atoms with Gasteiger partial charge in [-0.25, -0.2) is 9.52 Å². The molecule has 5 rings (SSSR count). The maximum atomic E-state index is 13.7. The van der Waals surface area contributed by atoms with Crippen molar-refractivity contribution in [2.75, 3.05) is 6.54 Å². The number of carboxylic acid groups (broad SMARTS) is 1. The molecule has 1 amide bonds. The summed E-state index contributed by atoms with van der Waals surface area (Å²) < 4.78 is 5.26. The number of benzene rings is 2. The lowest BCUT2D eigenvalue weighted by atomic mass is 9.96. The van der Waals surface area contributed by atoms with Gasteiger partial charge in [-0.3, -0.25) is 4.79 Å². The monoisotopic (exact) mass is 499 g/mol. The Morgan fingerprint density at radius 1 is 1.17 bits per heavy atom. The number of hydrogen-bond acceptors (Lipinski definition) is 5. The van der Waals surface area contributed by atoms with Crippen molar-refractivity contribution >= 4 is 34.7 Å². The third kappa shape index (κ3) is 4.87. The standard InChI is InChI=1S/C27H25N5O3S/c28-16-21-3-2-12-31(21)14-10-24(30-36-25-5-1-4-23-22(25)8-11-29-23)26(33)32-13-9-18-15-19(27(34)35)6-7-20(18)17-32/h1-8,11-12,15,24,29-30H,9-10,13-14,17H2,(H,34,35). The van der Waals surface area contributed by atoms with Gasteiger partial charge >= 0.3 is 5.97 Å². The Bertz CT molecular complexity index is 1470. The van der Waals surface area contributed by atoms with Gasteiger partial charge in [0.15, 0.2) is 0 Å². The molecule has 182 valence electrons. The van der Waals surface area contributed by atoms with E-state index in [9.17, 15) is 20.0 Å². The summed E-state index contributed by atoms with van der Waals surface area (Å²) >= 11 is 1.44. The zero-order valence-corrected chi connectivity index (χ0v) is 20.3. The summed E-state index contributed by atoms with van der Waals surface area (Å²) in [5.74, 6) is -0.959. The van der Waals surface area contributed by atoms with Gasteiger partial charge in [-0.1, -0.05) is 12.1 Å². The van der Waals surface area contributed by atoms with Crippen molar-refractivity contribution < 1.29 is 14.7 Å². The number of amides is 1. The fraction of sp³-hybridized carbons (Fsp3) is 0.222. The number of fused-ring (bicyclic) bond motifs is 2. The van der Waals surface area contributed by atoms with Gasteiger partial charge in [-0.05, 0) is 78.4 Å². The largest absolute Gasteiger partial charge is 0.478 e. The van der Waals surface area contributed by atoms with Crippen LogP contribution in [0.3, 0.4) is 0 Å². The van der Waals surface area contributed by atoms with Crippen LogP contribution in [0.1, 0.15) is 33.6 Å². The number of rotatable bonds is 8. The zero-order chi connectivity index (χ0) is 25.1. The van der Waals surface area contributed by atoms with Crippen molar-refractivity contribution in [2.24, 2.45) is 0 Å². The van der Waals surface area contributed by atoms with Gasteiger partial charge < -0.3 is 19.6 Å². The molecule has 4 aromatic rings. The van der Waals surface area contributed by atoms with E-state index in [0.29, 0.717) is 38.2 Å². The van der Waals surface area contributed by atoms with Crippen LogP contribution in [0.25, 0.3) is 10.9 Å². The minimum atomic E-state index is -0.947. The Hall–Kier alpha value is -4.00. The lowest BCUT2D eigenvalue weighted by Gasteiger charge is -2.32. The van der Waals surface area contributed by atoms with E-state index in [1.807, 2.05) is 52.2 Å². The van der Waals surface area contributed by atoms with Gasteiger partial charge in [-0.2, -0.15) is 5.26 Å². The summed E-state index contributed by atoms with van der Waals surface area (Å²) in [6.07, 6.45) is 4.87. The van der Waals surface area contributed by atoms with Crippen LogP contribution in [0.2, 0.25) is 0 Å². The summed E-state index contributed by atoms with van der Waals surface area (Å²) in [6, 6.07) is 18.4. The van der Waals surface area contributed by atoms with E-state index in [-0.39, 0.29) is 11.5 Å². The van der Waals surface area contributed by atoms with Crippen molar-refractivity contribution in [1.29, 1.82) is 5.26 Å². The van der Waals surface area contributed by atoms with E-state index >= 15 is 0 Å². The van der Waals surface area contributed by atoms with Crippen LogP contribution in [-0.2, 0) is 24.3 Å². The summed E-state index contributed by atoms with van der Waals surface area (Å²) in [7, 11) is 0. The smallest absolute Gasteiger partial charge is 0.335 e. The highest BCUT2D eigenvalue weighted by atomic mass is 32.2. The fourth-order valence-electron chi connectivity index (χ4n) is 4.59. The van der Waals surface area contributed by atoms with Gasteiger partial charge in [0.1, 0.15) is 11.8 Å². The molecule has 1 unspecified atom stereocenters. The van der Waals surface area contributed by atoms with Gasteiger partial charge in [-0.15, -0.1) is 0 Å². The van der Waals surface area contributed by atoms with Gasteiger partial charge in [0.05, 0.1) is 11.6 Å². The third-order valence-electron chi connectivity index (χ3n) is 6.54. The molecule has 0 spiro atoms. The molecule has 0 saturated carbocycles. The Labute approximate surface area is 212 Å². The van der Waals surface area contributed by atoms with Crippen LogP contribution >= 0.6 is 11.9 Å². The first-order valence-electron chi connectivity index (χ1n) is 11.7.